The van der Waals surface area contributed by atoms with Crippen LogP contribution < -0.4 is 10.6 Å². The molecule has 0 bridgehead atoms. The molecular weight excluding hydrogens is 318 g/mol. The number of benzene rings is 1. The first-order chi connectivity index (χ1) is 11.7. The highest BCUT2D eigenvalue weighted by Crippen LogP contribution is 2.24. The van der Waals surface area contributed by atoms with Crippen molar-refractivity contribution in [1.29, 1.82) is 0 Å². The second kappa shape index (κ2) is 8.31. The van der Waals surface area contributed by atoms with E-state index in [-0.39, 0.29) is 6.04 Å². The lowest BCUT2D eigenvalue weighted by atomic mass is 10.1. The van der Waals surface area contributed by atoms with Gasteiger partial charge in [-0.3, -0.25) is 4.90 Å². The van der Waals surface area contributed by atoms with Crippen molar-refractivity contribution in [3.63, 3.8) is 0 Å². The predicted octanol–water partition coefficient (Wildman–Crippen LogP) is 4.10. The number of thiocarbonyl (C=S) groups is 1. The van der Waals surface area contributed by atoms with E-state index in [4.69, 9.17) is 16.6 Å². The largest absolute Gasteiger partial charge is 0.468 e. The van der Waals surface area contributed by atoms with E-state index >= 15 is 0 Å². The molecule has 24 heavy (non-hydrogen) atoms. The summed E-state index contributed by atoms with van der Waals surface area (Å²) in [5, 5.41) is 7.26. The molecule has 2 N–H and O–H groups in total. The summed E-state index contributed by atoms with van der Waals surface area (Å²) in [4.78, 5) is 2.49. The van der Waals surface area contributed by atoms with Gasteiger partial charge in [-0.05, 0) is 74.9 Å². The first kappa shape index (κ1) is 17.0. The molecule has 0 spiro atoms. The predicted molar refractivity (Wildman–Crippen MR) is 102 cm³/mol. The quantitative estimate of drug-likeness (QED) is 0.800. The first-order valence-corrected chi connectivity index (χ1v) is 9.02. The summed E-state index contributed by atoms with van der Waals surface area (Å²) in [6, 6.07) is 12.4. The molecule has 5 heteroatoms. The Kier molecular flexibility index (Phi) is 5.88. The average Bonchev–Trinajstić information content (AvgIpc) is 3.10. The first-order valence-electron chi connectivity index (χ1n) is 8.61. The van der Waals surface area contributed by atoms with Crippen LogP contribution in [0.5, 0.6) is 0 Å². The van der Waals surface area contributed by atoms with E-state index in [1.165, 1.54) is 24.8 Å². The molecular formula is C19H25N3OS. The third-order valence-electron chi connectivity index (χ3n) is 4.43. The maximum Gasteiger partial charge on any atom is 0.170 e. The van der Waals surface area contributed by atoms with Crippen molar-refractivity contribution in [2.75, 3.05) is 25.0 Å². The van der Waals surface area contributed by atoms with Crippen molar-refractivity contribution in [2.45, 2.75) is 32.2 Å². The second-order valence-corrected chi connectivity index (χ2v) is 6.74. The van der Waals surface area contributed by atoms with Crippen LogP contribution in [0.25, 0.3) is 0 Å². The summed E-state index contributed by atoms with van der Waals surface area (Å²) in [6.07, 6.45) is 5.57. The van der Waals surface area contributed by atoms with Crippen molar-refractivity contribution in [2.24, 2.45) is 0 Å². The number of aryl methyl sites for hydroxylation is 1. The molecule has 4 nitrogen and oxygen atoms in total. The van der Waals surface area contributed by atoms with Crippen LogP contribution in [0.15, 0.2) is 47.1 Å². The van der Waals surface area contributed by atoms with Gasteiger partial charge in [-0.25, -0.2) is 0 Å². The number of furan rings is 1. The molecule has 2 heterocycles. The van der Waals surface area contributed by atoms with E-state index in [1.54, 1.807) is 6.26 Å². The highest BCUT2D eigenvalue weighted by Gasteiger charge is 2.24. The molecule has 1 atom stereocenters. The van der Waals surface area contributed by atoms with Gasteiger partial charge in [0.05, 0.1) is 12.3 Å². The van der Waals surface area contributed by atoms with E-state index in [2.05, 4.69) is 40.7 Å². The molecule has 2 aromatic rings. The maximum absolute atomic E-state index is 5.67. The van der Waals surface area contributed by atoms with E-state index in [0.29, 0.717) is 5.11 Å². The molecule has 1 aliphatic heterocycles. The minimum Gasteiger partial charge on any atom is -0.468 e. The van der Waals surface area contributed by atoms with E-state index in [1.807, 2.05) is 18.2 Å². The monoisotopic (exact) mass is 343 g/mol. The van der Waals surface area contributed by atoms with Gasteiger partial charge in [0.25, 0.3) is 0 Å². The van der Waals surface area contributed by atoms with Gasteiger partial charge < -0.3 is 15.1 Å². The molecule has 1 saturated heterocycles. The van der Waals surface area contributed by atoms with Crippen LogP contribution in [0.2, 0.25) is 0 Å². The van der Waals surface area contributed by atoms with Gasteiger partial charge in [0.2, 0.25) is 0 Å². The number of hydrogen-bond acceptors (Lipinski definition) is 3. The molecule has 3 rings (SSSR count). The van der Waals surface area contributed by atoms with Crippen LogP contribution in [-0.4, -0.2) is 29.6 Å². The molecule has 1 aromatic carbocycles. The molecule has 1 aromatic heterocycles. The lowest BCUT2D eigenvalue weighted by Gasteiger charge is -2.33. The lowest BCUT2D eigenvalue weighted by molar-refractivity contribution is 0.146. The van der Waals surface area contributed by atoms with Crippen molar-refractivity contribution in [3.8, 4) is 0 Å². The van der Waals surface area contributed by atoms with Crippen molar-refractivity contribution >= 4 is 23.0 Å². The Bertz CT molecular complexity index is 650. The number of hydrogen-bond donors (Lipinski definition) is 2. The van der Waals surface area contributed by atoms with Crippen molar-refractivity contribution < 1.29 is 4.42 Å². The van der Waals surface area contributed by atoms with Crippen LogP contribution in [-0.2, 0) is 0 Å². The average molecular weight is 343 g/mol. The fourth-order valence-corrected chi connectivity index (χ4v) is 3.41. The number of likely N-dealkylation sites (tertiary alicyclic amines) is 1. The summed E-state index contributed by atoms with van der Waals surface area (Å²) in [7, 11) is 0. The van der Waals surface area contributed by atoms with Gasteiger partial charge in [0.15, 0.2) is 5.11 Å². The van der Waals surface area contributed by atoms with E-state index < -0.39 is 0 Å². The Morgan fingerprint density at radius 3 is 2.75 bits per heavy atom. The highest BCUT2D eigenvalue weighted by molar-refractivity contribution is 7.80. The molecule has 0 aliphatic carbocycles. The van der Waals surface area contributed by atoms with Gasteiger partial charge in [-0.1, -0.05) is 18.6 Å². The summed E-state index contributed by atoms with van der Waals surface area (Å²) in [6.45, 7) is 5.05. The molecule has 1 unspecified atom stereocenters. The van der Waals surface area contributed by atoms with Gasteiger partial charge in [0, 0.05) is 12.2 Å². The minimum absolute atomic E-state index is 0.220. The van der Waals surface area contributed by atoms with Crippen LogP contribution in [0, 0.1) is 6.92 Å². The highest BCUT2D eigenvalue weighted by atomic mass is 32.1. The summed E-state index contributed by atoms with van der Waals surface area (Å²) < 4.78 is 5.67. The number of nitrogens with one attached hydrogen (secondary N) is 2. The fourth-order valence-electron chi connectivity index (χ4n) is 3.21. The Labute approximate surface area is 149 Å². The number of anilines is 1. The normalized spacial score (nSPS) is 16.5. The molecule has 1 fully saturated rings. The Balaban J connectivity index is 1.59. The van der Waals surface area contributed by atoms with E-state index in [0.717, 1.165) is 31.1 Å². The Morgan fingerprint density at radius 1 is 1.21 bits per heavy atom. The zero-order valence-electron chi connectivity index (χ0n) is 14.1. The Hall–Kier alpha value is -1.85. The van der Waals surface area contributed by atoms with Gasteiger partial charge in [-0.15, -0.1) is 0 Å². The lowest BCUT2D eigenvalue weighted by Crippen LogP contribution is -2.41. The van der Waals surface area contributed by atoms with Gasteiger partial charge in [0.1, 0.15) is 5.76 Å². The maximum atomic E-state index is 5.67. The van der Waals surface area contributed by atoms with Crippen LogP contribution >= 0.6 is 12.2 Å². The van der Waals surface area contributed by atoms with Crippen LogP contribution in [0.1, 0.15) is 36.6 Å². The van der Waals surface area contributed by atoms with Crippen molar-refractivity contribution in [3.05, 3.63) is 54.0 Å². The Morgan fingerprint density at radius 2 is 2.04 bits per heavy atom. The molecule has 1 aliphatic rings. The van der Waals surface area contributed by atoms with Gasteiger partial charge in [-0.2, -0.15) is 0 Å². The zero-order chi connectivity index (χ0) is 16.8. The van der Waals surface area contributed by atoms with Crippen LogP contribution in [0.4, 0.5) is 5.69 Å². The number of piperidine rings is 1. The summed E-state index contributed by atoms with van der Waals surface area (Å²) in [5.41, 5.74) is 2.23. The fraction of sp³-hybridized carbons (Fsp3) is 0.421. The van der Waals surface area contributed by atoms with E-state index in [9.17, 15) is 0 Å². The smallest absolute Gasteiger partial charge is 0.170 e. The van der Waals surface area contributed by atoms with Gasteiger partial charge >= 0.3 is 0 Å². The summed E-state index contributed by atoms with van der Waals surface area (Å²) in [5.74, 6) is 1.00. The topological polar surface area (TPSA) is 40.4 Å². The standard InChI is InChI=1S/C19H25N3OS/c1-15-7-5-8-16(13-15)21-19(24)20-14-17(18-9-6-12-23-18)22-10-3-2-4-11-22/h5-9,12-13,17H,2-4,10-11,14H2,1H3,(H2,20,21,24). The molecule has 0 amide bonds. The summed E-state index contributed by atoms with van der Waals surface area (Å²) >= 11 is 5.46. The minimum atomic E-state index is 0.220. The van der Waals surface area contributed by atoms with Crippen LogP contribution in [0.3, 0.4) is 0 Å². The number of nitrogens with zero attached hydrogens (tertiary/aromatic N) is 1. The zero-order valence-corrected chi connectivity index (χ0v) is 14.9. The third-order valence-corrected chi connectivity index (χ3v) is 4.68. The third kappa shape index (κ3) is 4.58. The molecule has 0 saturated carbocycles. The molecule has 0 radical (unpaired) electrons. The second-order valence-electron chi connectivity index (χ2n) is 6.33. The van der Waals surface area contributed by atoms with Crippen molar-refractivity contribution in [1.82, 2.24) is 10.2 Å². The molecule has 128 valence electrons. The SMILES string of the molecule is Cc1cccc(NC(=S)NCC(c2ccco2)N2CCCCC2)c1. The number of rotatable bonds is 5.